The van der Waals surface area contributed by atoms with E-state index in [0.29, 0.717) is 24.7 Å². The highest BCUT2D eigenvalue weighted by Gasteiger charge is 2.07. The summed E-state index contributed by atoms with van der Waals surface area (Å²) < 4.78 is 16.8. The van der Waals surface area contributed by atoms with E-state index in [2.05, 4.69) is 5.16 Å². The van der Waals surface area contributed by atoms with Gasteiger partial charge >= 0.3 is 0 Å². The summed E-state index contributed by atoms with van der Waals surface area (Å²) in [6.45, 7) is 4.84. The zero-order valence-corrected chi connectivity index (χ0v) is 13.6. The highest BCUT2D eigenvalue weighted by atomic mass is 16.5. The Morgan fingerprint density at radius 2 is 1.70 bits per heavy atom. The predicted octanol–water partition coefficient (Wildman–Crippen LogP) is 3.58. The molecule has 0 aromatic heterocycles. The quantitative estimate of drug-likeness (QED) is 0.367. The van der Waals surface area contributed by atoms with E-state index in [1.165, 1.54) is 6.21 Å². The number of aryl methyl sites for hydroxylation is 2. The van der Waals surface area contributed by atoms with E-state index in [0.717, 1.165) is 22.4 Å². The lowest BCUT2D eigenvalue weighted by Gasteiger charge is -2.14. The zero-order valence-electron chi connectivity index (χ0n) is 13.6. The number of rotatable bonds is 7. The normalized spacial score (nSPS) is 10.7. The molecule has 0 heterocycles. The van der Waals surface area contributed by atoms with Crippen LogP contribution >= 0.6 is 0 Å². The van der Waals surface area contributed by atoms with Crippen molar-refractivity contribution >= 4 is 6.21 Å². The van der Waals surface area contributed by atoms with Crippen LogP contribution in [0.4, 0.5) is 0 Å². The molecule has 2 aromatic carbocycles. The van der Waals surface area contributed by atoms with Crippen molar-refractivity contribution in [3.63, 3.8) is 0 Å². The summed E-state index contributed by atoms with van der Waals surface area (Å²) >= 11 is 0. The van der Waals surface area contributed by atoms with Crippen molar-refractivity contribution in [1.29, 1.82) is 0 Å². The van der Waals surface area contributed by atoms with E-state index in [4.69, 9.17) is 19.4 Å². The van der Waals surface area contributed by atoms with Gasteiger partial charge < -0.3 is 19.4 Å². The third-order valence-corrected chi connectivity index (χ3v) is 3.39. The molecule has 0 bridgehead atoms. The lowest BCUT2D eigenvalue weighted by Crippen LogP contribution is -2.11. The Morgan fingerprint density at radius 1 is 1.00 bits per heavy atom. The van der Waals surface area contributed by atoms with E-state index >= 15 is 0 Å². The molecule has 0 aliphatic rings. The van der Waals surface area contributed by atoms with Gasteiger partial charge in [0.15, 0.2) is 11.5 Å². The fraction of sp³-hybridized carbons (Fsp3) is 0.278. The molecule has 0 spiro atoms. The molecule has 2 aromatic rings. The molecule has 122 valence electrons. The average Bonchev–Trinajstić information content (AvgIpc) is 2.54. The van der Waals surface area contributed by atoms with Crippen LogP contribution in [-0.2, 0) is 0 Å². The Kier molecular flexibility index (Phi) is 5.86. The third kappa shape index (κ3) is 4.39. The number of hydrogen-bond donors (Lipinski definition) is 1. The fourth-order valence-electron chi connectivity index (χ4n) is 2.28. The van der Waals surface area contributed by atoms with Crippen LogP contribution in [-0.4, -0.2) is 31.7 Å². The van der Waals surface area contributed by atoms with Crippen molar-refractivity contribution in [3.8, 4) is 17.2 Å². The van der Waals surface area contributed by atoms with Crippen LogP contribution in [0.25, 0.3) is 0 Å². The maximum absolute atomic E-state index is 8.61. The van der Waals surface area contributed by atoms with Crippen molar-refractivity contribution < 1.29 is 19.4 Å². The molecule has 0 atom stereocenters. The number of para-hydroxylation sites is 1. The van der Waals surface area contributed by atoms with Crippen molar-refractivity contribution in [1.82, 2.24) is 0 Å². The average molecular weight is 315 g/mol. The fourth-order valence-corrected chi connectivity index (χ4v) is 2.28. The molecule has 0 saturated carbocycles. The summed E-state index contributed by atoms with van der Waals surface area (Å²) in [4.78, 5) is 0. The molecule has 0 aliphatic carbocycles. The van der Waals surface area contributed by atoms with E-state index in [1.807, 2.05) is 32.0 Å². The molecule has 2 rings (SSSR count). The first-order valence-electron chi connectivity index (χ1n) is 7.33. The minimum atomic E-state index is 0.379. The number of hydrogen-bond acceptors (Lipinski definition) is 5. The van der Waals surface area contributed by atoms with Gasteiger partial charge in [0.1, 0.15) is 19.0 Å². The molecule has 0 saturated heterocycles. The molecule has 5 nitrogen and oxygen atoms in total. The van der Waals surface area contributed by atoms with Gasteiger partial charge in [-0.1, -0.05) is 23.4 Å². The predicted molar refractivity (Wildman–Crippen MR) is 89.3 cm³/mol. The van der Waals surface area contributed by atoms with Gasteiger partial charge in [-0.2, -0.15) is 0 Å². The van der Waals surface area contributed by atoms with Gasteiger partial charge in [0.25, 0.3) is 0 Å². The molecule has 0 fully saturated rings. The molecular formula is C18H21NO4. The van der Waals surface area contributed by atoms with Gasteiger partial charge in [-0.3, -0.25) is 0 Å². The summed E-state index contributed by atoms with van der Waals surface area (Å²) in [5, 5.41) is 11.6. The Balaban J connectivity index is 1.97. The minimum Gasteiger partial charge on any atom is -0.493 e. The molecule has 1 N–H and O–H groups in total. The second-order valence-corrected chi connectivity index (χ2v) is 5.07. The monoisotopic (exact) mass is 315 g/mol. The summed E-state index contributed by atoms with van der Waals surface area (Å²) in [5.74, 6) is 2.09. The van der Waals surface area contributed by atoms with Gasteiger partial charge in [0.2, 0.25) is 0 Å². The van der Waals surface area contributed by atoms with Gasteiger partial charge in [-0.15, -0.1) is 0 Å². The molecule has 0 radical (unpaired) electrons. The Labute approximate surface area is 136 Å². The first-order chi connectivity index (χ1) is 11.2. The van der Waals surface area contributed by atoms with Crippen LogP contribution in [0.15, 0.2) is 41.6 Å². The topological polar surface area (TPSA) is 60.3 Å². The largest absolute Gasteiger partial charge is 0.493 e. The van der Waals surface area contributed by atoms with Crippen molar-refractivity contribution in [3.05, 3.63) is 53.1 Å². The van der Waals surface area contributed by atoms with Crippen LogP contribution in [0, 0.1) is 13.8 Å². The van der Waals surface area contributed by atoms with E-state index in [1.54, 1.807) is 25.3 Å². The molecule has 0 unspecified atom stereocenters. The maximum atomic E-state index is 8.61. The SMILES string of the molecule is COc1ccc(C=NO)cc1OCCOc1c(C)cccc1C. The zero-order chi connectivity index (χ0) is 16.7. The van der Waals surface area contributed by atoms with Gasteiger partial charge in [0.05, 0.1) is 13.3 Å². The van der Waals surface area contributed by atoms with Crippen molar-refractivity contribution in [2.45, 2.75) is 13.8 Å². The Morgan fingerprint density at radius 3 is 2.35 bits per heavy atom. The summed E-state index contributed by atoms with van der Waals surface area (Å²) in [6, 6.07) is 11.3. The van der Waals surface area contributed by atoms with Crippen molar-refractivity contribution in [2.75, 3.05) is 20.3 Å². The molecule has 0 amide bonds. The number of benzene rings is 2. The number of ether oxygens (including phenoxy) is 3. The summed E-state index contributed by atoms with van der Waals surface area (Å²) in [7, 11) is 1.58. The molecule has 5 heteroatoms. The maximum Gasteiger partial charge on any atom is 0.161 e. The second-order valence-electron chi connectivity index (χ2n) is 5.07. The van der Waals surface area contributed by atoms with E-state index in [-0.39, 0.29) is 0 Å². The number of methoxy groups -OCH3 is 1. The number of oxime groups is 1. The Hall–Kier alpha value is -2.69. The molecule has 23 heavy (non-hydrogen) atoms. The highest BCUT2D eigenvalue weighted by Crippen LogP contribution is 2.28. The minimum absolute atomic E-state index is 0.379. The van der Waals surface area contributed by atoms with Crippen LogP contribution in [0.1, 0.15) is 16.7 Å². The third-order valence-electron chi connectivity index (χ3n) is 3.39. The van der Waals surface area contributed by atoms with Crippen molar-refractivity contribution in [2.24, 2.45) is 5.16 Å². The van der Waals surface area contributed by atoms with E-state index in [9.17, 15) is 0 Å². The first kappa shape index (κ1) is 16.7. The van der Waals surface area contributed by atoms with E-state index < -0.39 is 0 Å². The second kappa shape index (κ2) is 8.08. The molecule has 0 aliphatic heterocycles. The van der Waals surface area contributed by atoms with Crippen LogP contribution in [0.3, 0.4) is 0 Å². The van der Waals surface area contributed by atoms with Gasteiger partial charge in [-0.05, 0) is 43.2 Å². The lowest BCUT2D eigenvalue weighted by atomic mass is 10.1. The molecular weight excluding hydrogens is 294 g/mol. The smallest absolute Gasteiger partial charge is 0.161 e. The first-order valence-corrected chi connectivity index (χ1v) is 7.33. The van der Waals surface area contributed by atoms with Crippen LogP contribution < -0.4 is 14.2 Å². The number of nitrogens with zero attached hydrogens (tertiary/aromatic N) is 1. The van der Waals surface area contributed by atoms with Gasteiger partial charge in [-0.25, -0.2) is 0 Å². The lowest BCUT2D eigenvalue weighted by molar-refractivity contribution is 0.210. The Bertz CT molecular complexity index is 662. The van der Waals surface area contributed by atoms with Crippen LogP contribution in [0.2, 0.25) is 0 Å². The highest BCUT2D eigenvalue weighted by molar-refractivity contribution is 5.80. The summed E-state index contributed by atoms with van der Waals surface area (Å²) in [5.41, 5.74) is 2.92. The summed E-state index contributed by atoms with van der Waals surface area (Å²) in [6.07, 6.45) is 1.33. The standard InChI is InChI=1S/C18H21NO4/c1-13-5-4-6-14(2)18(13)23-10-9-22-17-11-15(12-19-20)7-8-16(17)21-3/h4-8,11-12,20H,9-10H2,1-3H3. The van der Waals surface area contributed by atoms with Crippen LogP contribution in [0.5, 0.6) is 17.2 Å². The van der Waals surface area contributed by atoms with Gasteiger partial charge in [0, 0.05) is 5.56 Å².